The lowest BCUT2D eigenvalue weighted by molar-refractivity contribution is -0.123. The van der Waals surface area contributed by atoms with Crippen LogP contribution in [0.25, 0.3) is 0 Å². The quantitative estimate of drug-likeness (QED) is 0.827. The van der Waals surface area contributed by atoms with E-state index in [4.69, 9.17) is 10.00 Å². The molecule has 0 fully saturated rings. The van der Waals surface area contributed by atoms with Gasteiger partial charge in [-0.25, -0.2) is 9.82 Å². The second-order valence-electron chi connectivity index (χ2n) is 5.98. The summed E-state index contributed by atoms with van der Waals surface area (Å²) in [5.41, 5.74) is 4.03. The molecule has 2 N–H and O–H groups in total. The van der Waals surface area contributed by atoms with Gasteiger partial charge in [0.1, 0.15) is 17.3 Å². The number of nitrogens with one attached hydrogen (secondary N) is 1. The Labute approximate surface area is 149 Å². The van der Waals surface area contributed by atoms with E-state index in [0.29, 0.717) is 34.6 Å². The number of amides is 1. The summed E-state index contributed by atoms with van der Waals surface area (Å²) < 4.78 is 19.3. The maximum Gasteiger partial charge on any atom is 0.277 e. The van der Waals surface area contributed by atoms with Crippen molar-refractivity contribution < 1.29 is 19.0 Å². The monoisotopic (exact) mass is 353 g/mol. The SMILES string of the molecule is C[C@H]1C/C(=N\NC(=O)COc2ccc(C#N)cc2)c2c(O)ccc(F)c21. The number of ether oxygens (including phenoxy) is 1. The minimum atomic E-state index is -0.487. The third-order valence-corrected chi connectivity index (χ3v) is 4.12. The average molecular weight is 353 g/mol. The van der Waals surface area contributed by atoms with E-state index in [1.807, 2.05) is 13.0 Å². The van der Waals surface area contributed by atoms with E-state index in [1.165, 1.54) is 12.1 Å². The summed E-state index contributed by atoms with van der Waals surface area (Å²) in [6, 6.07) is 10.8. The van der Waals surface area contributed by atoms with Gasteiger partial charge in [-0.1, -0.05) is 6.92 Å². The molecule has 0 saturated heterocycles. The largest absolute Gasteiger partial charge is 0.507 e. The van der Waals surface area contributed by atoms with Gasteiger partial charge in [0.25, 0.3) is 5.91 Å². The summed E-state index contributed by atoms with van der Waals surface area (Å²) in [4.78, 5) is 11.9. The Morgan fingerprint density at radius 1 is 1.38 bits per heavy atom. The van der Waals surface area contributed by atoms with Crippen LogP contribution in [0.15, 0.2) is 41.5 Å². The number of nitriles is 1. The normalized spacial score (nSPS) is 16.8. The summed E-state index contributed by atoms with van der Waals surface area (Å²) in [6.07, 6.45) is 0.417. The van der Waals surface area contributed by atoms with Crippen molar-refractivity contribution in [2.75, 3.05) is 6.61 Å². The van der Waals surface area contributed by atoms with Gasteiger partial charge in [-0.3, -0.25) is 4.79 Å². The van der Waals surface area contributed by atoms with Crippen LogP contribution in [0.4, 0.5) is 4.39 Å². The first-order valence-corrected chi connectivity index (χ1v) is 7.99. The third-order valence-electron chi connectivity index (χ3n) is 4.12. The zero-order chi connectivity index (χ0) is 18.7. The number of benzene rings is 2. The van der Waals surface area contributed by atoms with Crippen molar-refractivity contribution in [3.05, 3.63) is 58.9 Å². The lowest BCUT2D eigenvalue weighted by atomic mass is 10.0. The number of hydrazone groups is 1. The van der Waals surface area contributed by atoms with Gasteiger partial charge in [-0.05, 0) is 48.7 Å². The molecule has 0 spiro atoms. The van der Waals surface area contributed by atoms with Gasteiger partial charge in [0.2, 0.25) is 0 Å². The molecule has 0 unspecified atom stereocenters. The van der Waals surface area contributed by atoms with Crippen molar-refractivity contribution in [3.63, 3.8) is 0 Å². The molecular weight excluding hydrogens is 337 g/mol. The fourth-order valence-electron chi connectivity index (χ4n) is 2.90. The van der Waals surface area contributed by atoms with Crippen molar-refractivity contribution >= 4 is 11.6 Å². The predicted octanol–water partition coefficient (Wildman–Crippen LogP) is 2.81. The van der Waals surface area contributed by atoms with Crippen molar-refractivity contribution in [1.82, 2.24) is 5.43 Å². The number of carbonyl (C=O) groups excluding carboxylic acids is 1. The Hall–Kier alpha value is -3.40. The van der Waals surface area contributed by atoms with Gasteiger partial charge in [-0.2, -0.15) is 10.4 Å². The summed E-state index contributed by atoms with van der Waals surface area (Å²) in [5, 5.41) is 22.8. The van der Waals surface area contributed by atoms with Gasteiger partial charge >= 0.3 is 0 Å². The smallest absolute Gasteiger partial charge is 0.277 e. The number of phenolic OH excluding ortho intramolecular Hbond substituents is 1. The van der Waals surface area contributed by atoms with E-state index in [2.05, 4.69) is 10.5 Å². The fourth-order valence-corrected chi connectivity index (χ4v) is 2.90. The van der Waals surface area contributed by atoms with Gasteiger partial charge in [-0.15, -0.1) is 0 Å². The van der Waals surface area contributed by atoms with Gasteiger partial charge < -0.3 is 9.84 Å². The number of aromatic hydroxyl groups is 1. The molecule has 0 bridgehead atoms. The predicted molar refractivity (Wildman–Crippen MR) is 92.4 cm³/mol. The van der Waals surface area contributed by atoms with E-state index in [1.54, 1.807) is 24.3 Å². The zero-order valence-electron chi connectivity index (χ0n) is 14.0. The molecule has 0 radical (unpaired) electrons. The number of fused-ring (bicyclic) bond motifs is 1. The maximum absolute atomic E-state index is 14.0. The average Bonchev–Trinajstić information content (AvgIpc) is 2.99. The Morgan fingerprint density at radius 3 is 2.81 bits per heavy atom. The minimum absolute atomic E-state index is 0.0624. The maximum atomic E-state index is 14.0. The standard InChI is InChI=1S/C19H16FN3O3/c1-11-8-15(19-16(24)7-6-14(20)18(11)19)22-23-17(25)10-26-13-4-2-12(9-21)3-5-13/h2-7,11,24H,8,10H2,1H3,(H,23,25)/b22-15+/t11-/m0/s1. The summed E-state index contributed by atoms with van der Waals surface area (Å²) in [6.45, 7) is 1.57. The van der Waals surface area contributed by atoms with Crippen LogP contribution >= 0.6 is 0 Å². The number of phenols is 1. The molecule has 1 aliphatic rings. The molecule has 0 aliphatic heterocycles. The Bertz CT molecular complexity index is 917. The number of nitrogens with zero attached hydrogens (tertiary/aromatic N) is 2. The lowest BCUT2D eigenvalue weighted by Gasteiger charge is -2.07. The first-order chi connectivity index (χ1) is 12.5. The van der Waals surface area contributed by atoms with Crippen molar-refractivity contribution in [1.29, 1.82) is 5.26 Å². The highest BCUT2D eigenvalue weighted by atomic mass is 19.1. The van der Waals surface area contributed by atoms with E-state index in [-0.39, 0.29) is 18.3 Å². The number of rotatable bonds is 4. The summed E-state index contributed by atoms with van der Waals surface area (Å²) in [7, 11) is 0. The number of hydrogen-bond donors (Lipinski definition) is 2. The van der Waals surface area contributed by atoms with Crippen LogP contribution in [0.1, 0.15) is 36.0 Å². The Morgan fingerprint density at radius 2 is 2.12 bits per heavy atom. The van der Waals surface area contributed by atoms with Crippen LogP contribution in [0.3, 0.4) is 0 Å². The molecule has 0 saturated carbocycles. The second-order valence-corrected chi connectivity index (χ2v) is 5.98. The van der Waals surface area contributed by atoms with Crippen LogP contribution in [0, 0.1) is 17.1 Å². The second kappa shape index (κ2) is 7.23. The van der Waals surface area contributed by atoms with Crippen LogP contribution in [-0.2, 0) is 4.79 Å². The molecule has 3 rings (SSSR count). The molecule has 2 aromatic rings. The Balaban J connectivity index is 1.65. The highest BCUT2D eigenvalue weighted by Crippen LogP contribution is 2.39. The lowest BCUT2D eigenvalue weighted by Crippen LogP contribution is -2.25. The van der Waals surface area contributed by atoms with E-state index >= 15 is 0 Å². The van der Waals surface area contributed by atoms with Crippen molar-refractivity contribution in [2.24, 2.45) is 5.10 Å². The number of carbonyl (C=O) groups is 1. The molecule has 1 atom stereocenters. The van der Waals surface area contributed by atoms with Crippen molar-refractivity contribution in [2.45, 2.75) is 19.3 Å². The summed E-state index contributed by atoms with van der Waals surface area (Å²) in [5.74, 6) is -0.633. The van der Waals surface area contributed by atoms with Crippen LogP contribution in [-0.4, -0.2) is 23.3 Å². The molecule has 0 aromatic heterocycles. The first-order valence-electron chi connectivity index (χ1n) is 7.99. The molecule has 6 nitrogen and oxygen atoms in total. The highest BCUT2D eigenvalue weighted by Gasteiger charge is 2.30. The van der Waals surface area contributed by atoms with E-state index in [0.717, 1.165) is 0 Å². The topological polar surface area (TPSA) is 94.7 Å². The minimum Gasteiger partial charge on any atom is -0.507 e. The van der Waals surface area contributed by atoms with E-state index < -0.39 is 11.7 Å². The molecule has 132 valence electrons. The van der Waals surface area contributed by atoms with Crippen LogP contribution in [0.5, 0.6) is 11.5 Å². The van der Waals surface area contributed by atoms with Gasteiger partial charge in [0.15, 0.2) is 6.61 Å². The Kier molecular flexibility index (Phi) is 4.85. The zero-order valence-corrected chi connectivity index (χ0v) is 14.0. The third kappa shape index (κ3) is 3.49. The number of halogens is 1. The van der Waals surface area contributed by atoms with E-state index in [9.17, 15) is 14.3 Å². The van der Waals surface area contributed by atoms with Gasteiger partial charge in [0, 0.05) is 11.1 Å². The summed E-state index contributed by atoms with van der Waals surface area (Å²) >= 11 is 0. The first kappa shape index (κ1) is 17.4. The molecule has 1 amide bonds. The molecule has 7 heteroatoms. The molecular formula is C19H16FN3O3. The highest BCUT2D eigenvalue weighted by molar-refractivity contribution is 6.07. The van der Waals surface area contributed by atoms with Crippen LogP contribution < -0.4 is 10.2 Å². The number of hydrogen-bond acceptors (Lipinski definition) is 5. The molecule has 26 heavy (non-hydrogen) atoms. The fraction of sp³-hybridized carbons (Fsp3) is 0.211. The molecule has 1 aliphatic carbocycles. The van der Waals surface area contributed by atoms with Crippen molar-refractivity contribution in [3.8, 4) is 17.6 Å². The molecule has 0 heterocycles. The van der Waals surface area contributed by atoms with Crippen LogP contribution in [0.2, 0.25) is 0 Å². The van der Waals surface area contributed by atoms with Gasteiger partial charge in [0.05, 0.1) is 17.3 Å². The molecule has 2 aromatic carbocycles.